The van der Waals surface area contributed by atoms with Crippen molar-refractivity contribution in [3.8, 4) is 6.07 Å². The predicted molar refractivity (Wildman–Crippen MR) is 114 cm³/mol. The Bertz CT molecular complexity index is 1100. The first kappa shape index (κ1) is 19.9. The van der Waals surface area contributed by atoms with Gasteiger partial charge in [0.05, 0.1) is 5.69 Å². The number of carbonyl (C=O) groups excluding carboxylic acids is 1. The Balaban J connectivity index is 1.85. The van der Waals surface area contributed by atoms with Crippen molar-refractivity contribution in [2.24, 2.45) is 0 Å². The third-order valence-electron chi connectivity index (χ3n) is 4.51. The van der Waals surface area contributed by atoms with Crippen LogP contribution in [-0.2, 0) is 0 Å². The van der Waals surface area contributed by atoms with Crippen LogP contribution in [0, 0.1) is 24.1 Å². The van der Waals surface area contributed by atoms with Gasteiger partial charge in [-0.2, -0.15) is 5.26 Å². The highest BCUT2D eigenvalue weighted by atomic mass is 19.1. The van der Waals surface area contributed by atoms with Crippen molar-refractivity contribution >= 4 is 28.7 Å². The zero-order valence-electron chi connectivity index (χ0n) is 16.5. The molecule has 0 fully saturated rings. The number of hydrogen-bond acceptors (Lipinski definition) is 4. The number of carbonyl (C=O) groups is 1. The fraction of sp³-hybridized carbons (Fsp3) is 0.130. The number of nitrogens with zero attached hydrogens (tertiary/aromatic N) is 2. The Hall–Kier alpha value is -3.85. The summed E-state index contributed by atoms with van der Waals surface area (Å²) in [6, 6.07) is 19.0. The van der Waals surface area contributed by atoms with Gasteiger partial charge in [-0.25, -0.2) is 4.39 Å². The molecule has 29 heavy (non-hydrogen) atoms. The fourth-order valence-electron chi connectivity index (χ4n) is 2.85. The van der Waals surface area contributed by atoms with E-state index in [2.05, 4.69) is 10.6 Å². The van der Waals surface area contributed by atoms with Gasteiger partial charge in [0.25, 0.3) is 5.91 Å². The molecule has 0 atom stereocenters. The van der Waals surface area contributed by atoms with Crippen molar-refractivity contribution in [2.75, 3.05) is 29.6 Å². The van der Waals surface area contributed by atoms with Crippen molar-refractivity contribution in [3.05, 3.63) is 83.2 Å². The van der Waals surface area contributed by atoms with Crippen molar-refractivity contribution in [1.82, 2.24) is 0 Å². The zero-order valence-corrected chi connectivity index (χ0v) is 16.5. The maximum atomic E-state index is 13.9. The van der Waals surface area contributed by atoms with Crippen molar-refractivity contribution < 1.29 is 9.18 Å². The maximum Gasteiger partial charge on any atom is 0.255 e. The van der Waals surface area contributed by atoms with Gasteiger partial charge in [0.2, 0.25) is 0 Å². The van der Waals surface area contributed by atoms with E-state index < -0.39 is 5.82 Å². The minimum absolute atomic E-state index is 0.0539. The summed E-state index contributed by atoms with van der Waals surface area (Å²) in [7, 11) is 3.83. The Labute approximate surface area is 169 Å². The molecule has 3 aromatic rings. The molecular formula is C23H21FN4O. The summed E-state index contributed by atoms with van der Waals surface area (Å²) in [5, 5.41) is 15.2. The third-order valence-corrected chi connectivity index (χ3v) is 4.51. The van der Waals surface area contributed by atoms with E-state index in [4.69, 9.17) is 0 Å². The number of nitriles is 1. The third kappa shape index (κ3) is 4.53. The first-order valence-corrected chi connectivity index (χ1v) is 9.04. The SMILES string of the molecule is Cc1ccc(NC(=O)c2cccc(N(C)C)c2)cc1Nc1cccc(F)c1C#N. The summed E-state index contributed by atoms with van der Waals surface area (Å²) in [6.07, 6.45) is 0. The number of nitrogens with one attached hydrogen (secondary N) is 2. The lowest BCUT2D eigenvalue weighted by molar-refractivity contribution is 0.102. The van der Waals surface area contributed by atoms with E-state index >= 15 is 0 Å². The Morgan fingerprint density at radius 2 is 1.79 bits per heavy atom. The van der Waals surface area contributed by atoms with Gasteiger partial charge in [0, 0.05) is 36.7 Å². The standard InChI is InChI=1S/C23H21FN4O/c1-15-10-11-17(26-23(29)16-6-4-7-18(12-16)28(2)3)13-22(15)27-21-9-5-8-20(24)19(21)14-25/h4-13,27H,1-3H3,(H,26,29). The van der Waals surface area contributed by atoms with Gasteiger partial charge in [-0.15, -0.1) is 0 Å². The van der Waals surface area contributed by atoms with E-state index in [9.17, 15) is 14.4 Å². The van der Waals surface area contributed by atoms with Crippen LogP contribution in [-0.4, -0.2) is 20.0 Å². The highest BCUT2D eigenvalue weighted by molar-refractivity contribution is 6.05. The van der Waals surface area contributed by atoms with Crippen LogP contribution in [0.5, 0.6) is 0 Å². The molecule has 0 saturated carbocycles. The Morgan fingerprint density at radius 3 is 2.52 bits per heavy atom. The molecule has 146 valence electrons. The van der Waals surface area contributed by atoms with Crippen molar-refractivity contribution in [1.29, 1.82) is 5.26 Å². The molecule has 0 aromatic heterocycles. The van der Waals surface area contributed by atoms with E-state index in [0.717, 1.165) is 11.3 Å². The second kappa shape index (κ2) is 8.44. The number of amides is 1. The van der Waals surface area contributed by atoms with E-state index in [-0.39, 0.29) is 11.5 Å². The smallest absolute Gasteiger partial charge is 0.255 e. The normalized spacial score (nSPS) is 10.2. The predicted octanol–water partition coefficient (Wildman–Crippen LogP) is 5.07. The zero-order chi connectivity index (χ0) is 21.0. The molecule has 5 nitrogen and oxygen atoms in total. The van der Waals surface area contributed by atoms with Gasteiger partial charge < -0.3 is 15.5 Å². The van der Waals surface area contributed by atoms with Gasteiger partial charge >= 0.3 is 0 Å². The Morgan fingerprint density at radius 1 is 1.03 bits per heavy atom. The largest absolute Gasteiger partial charge is 0.378 e. The lowest BCUT2D eigenvalue weighted by atomic mass is 10.1. The van der Waals surface area contributed by atoms with Crippen LogP contribution in [0.4, 0.5) is 27.1 Å². The number of hydrogen-bond donors (Lipinski definition) is 2. The maximum absolute atomic E-state index is 13.9. The van der Waals surface area contributed by atoms with Crippen molar-refractivity contribution in [2.45, 2.75) is 6.92 Å². The van der Waals surface area contributed by atoms with Gasteiger partial charge in [0.1, 0.15) is 17.4 Å². The van der Waals surface area contributed by atoms with E-state index in [1.54, 1.807) is 24.3 Å². The van der Waals surface area contributed by atoms with E-state index in [1.807, 2.05) is 56.3 Å². The minimum Gasteiger partial charge on any atom is -0.378 e. The molecule has 0 aliphatic heterocycles. The molecule has 3 aromatic carbocycles. The van der Waals surface area contributed by atoms with Crippen LogP contribution in [0.15, 0.2) is 60.7 Å². The van der Waals surface area contributed by atoms with Gasteiger partial charge in [-0.3, -0.25) is 4.79 Å². The van der Waals surface area contributed by atoms with Crippen LogP contribution in [0.25, 0.3) is 0 Å². The van der Waals surface area contributed by atoms with Crippen LogP contribution in [0.1, 0.15) is 21.5 Å². The molecule has 6 heteroatoms. The fourth-order valence-corrected chi connectivity index (χ4v) is 2.85. The van der Waals surface area contributed by atoms with Crippen LogP contribution in [0.2, 0.25) is 0 Å². The molecule has 0 bridgehead atoms. The van der Waals surface area contributed by atoms with Gasteiger partial charge in [-0.05, 0) is 55.0 Å². The second-order valence-electron chi connectivity index (χ2n) is 6.83. The quantitative estimate of drug-likeness (QED) is 0.640. The van der Waals surface area contributed by atoms with Crippen LogP contribution in [0.3, 0.4) is 0 Å². The number of aryl methyl sites for hydroxylation is 1. The summed E-state index contributed by atoms with van der Waals surface area (Å²) in [6.45, 7) is 1.89. The second-order valence-corrected chi connectivity index (χ2v) is 6.83. The topological polar surface area (TPSA) is 68.2 Å². The lowest BCUT2D eigenvalue weighted by Gasteiger charge is -2.15. The minimum atomic E-state index is -0.583. The first-order chi connectivity index (χ1) is 13.9. The van der Waals surface area contributed by atoms with Gasteiger partial charge in [-0.1, -0.05) is 18.2 Å². The number of benzene rings is 3. The average molecular weight is 388 g/mol. The number of anilines is 4. The number of halogens is 1. The first-order valence-electron chi connectivity index (χ1n) is 9.04. The van der Waals surface area contributed by atoms with Crippen molar-refractivity contribution in [3.63, 3.8) is 0 Å². The molecular weight excluding hydrogens is 367 g/mol. The molecule has 0 aliphatic rings. The molecule has 1 amide bonds. The molecule has 2 N–H and O–H groups in total. The molecule has 0 spiro atoms. The average Bonchev–Trinajstić information content (AvgIpc) is 2.70. The summed E-state index contributed by atoms with van der Waals surface area (Å²) in [5.74, 6) is -0.813. The van der Waals surface area contributed by atoms with Gasteiger partial charge in [0.15, 0.2) is 0 Å². The molecule has 0 saturated heterocycles. The molecule has 3 rings (SSSR count). The summed E-state index contributed by atoms with van der Waals surface area (Å²) < 4.78 is 13.9. The molecule has 0 aliphatic carbocycles. The molecule has 0 heterocycles. The van der Waals surface area contributed by atoms with E-state index in [0.29, 0.717) is 22.6 Å². The Kier molecular flexibility index (Phi) is 5.79. The van der Waals surface area contributed by atoms with E-state index in [1.165, 1.54) is 12.1 Å². The lowest BCUT2D eigenvalue weighted by Crippen LogP contribution is -2.14. The number of rotatable bonds is 5. The highest BCUT2D eigenvalue weighted by Crippen LogP contribution is 2.27. The monoisotopic (exact) mass is 388 g/mol. The van der Waals surface area contributed by atoms with Crippen LogP contribution < -0.4 is 15.5 Å². The van der Waals surface area contributed by atoms with Crippen LogP contribution >= 0.6 is 0 Å². The molecule has 0 unspecified atom stereocenters. The summed E-state index contributed by atoms with van der Waals surface area (Å²) >= 11 is 0. The summed E-state index contributed by atoms with van der Waals surface area (Å²) in [5.41, 5.74) is 3.95. The summed E-state index contributed by atoms with van der Waals surface area (Å²) in [4.78, 5) is 14.6. The molecule has 0 radical (unpaired) electrons. The highest BCUT2D eigenvalue weighted by Gasteiger charge is 2.11.